The zero-order chi connectivity index (χ0) is 10.8. The molecule has 0 atom stereocenters. The first-order valence-electron chi connectivity index (χ1n) is 4.31. The minimum atomic E-state index is -0.371. The molecule has 0 radical (unpaired) electrons. The summed E-state index contributed by atoms with van der Waals surface area (Å²) in [6, 6.07) is 0. The van der Waals surface area contributed by atoms with Crippen LogP contribution in [0.15, 0.2) is 11.2 Å². The molecule has 1 aromatic rings. The molecule has 3 nitrogen and oxygen atoms in total. The fourth-order valence-electron chi connectivity index (χ4n) is 0.834. The fourth-order valence-corrected chi connectivity index (χ4v) is 1.70. The predicted molar refractivity (Wildman–Crippen MR) is 57.1 cm³/mol. The lowest BCUT2D eigenvalue weighted by atomic mass is 10.3. The van der Waals surface area contributed by atoms with Gasteiger partial charge in [-0.2, -0.15) is 0 Å². The molecule has 0 spiro atoms. The van der Waals surface area contributed by atoms with Crippen molar-refractivity contribution in [1.82, 2.24) is 9.97 Å². The van der Waals surface area contributed by atoms with Crippen LogP contribution in [0.1, 0.15) is 20.8 Å². The van der Waals surface area contributed by atoms with Crippen LogP contribution in [-0.4, -0.2) is 21.8 Å². The van der Waals surface area contributed by atoms with Crippen LogP contribution in [0.5, 0.6) is 0 Å². The minimum Gasteiger partial charge on any atom is -0.357 e. The third kappa shape index (κ3) is 3.14. The van der Waals surface area contributed by atoms with Gasteiger partial charge in [-0.25, -0.2) is 14.4 Å². The van der Waals surface area contributed by atoms with Crippen LogP contribution in [0.3, 0.4) is 0 Å². The Labute approximate surface area is 87.5 Å². The zero-order valence-corrected chi connectivity index (χ0v) is 9.57. The molecular formula is C9H14FN3S. The summed E-state index contributed by atoms with van der Waals surface area (Å²) < 4.78 is 13.2. The van der Waals surface area contributed by atoms with Gasteiger partial charge >= 0.3 is 0 Å². The largest absolute Gasteiger partial charge is 0.357 e. The minimum absolute atomic E-state index is 0.0554. The first-order valence-corrected chi connectivity index (χ1v) is 5.13. The Bertz CT molecular complexity index is 322. The lowest BCUT2D eigenvalue weighted by molar-refractivity contribution is 0.578. The highest BCUT2D eigenvalue weighted by atomic mass is 32.2. The number of anilines is 1. The van der Waals surface area contributed by atoms with E-state index >= 15 is 0 Å². The van der Waals surface area contributed by atoms with Crippen molar-refractivity contribution in [3.05, 3.63) is 12.0 Å². The maximum Gasteiger partial charge on any atom is 0.223 e. The number of hydrogen-bond donors (Lipinski definition) is 1. The molecule has 1 heterocycles. The van der Waals surface area contributed by atoms with Crippen molar-refractivity contribution in [3.63, 3.8) is 0 Å². The second-order valence-electron chi connectivity index (χ2n) is 3.81. The molecule has 14 heavy (non-hydrogen) atoms. The van der Waals surface area contributed by atoms with E-state index in [1.54, 1.807) is 7.05 Å². The van der Waals surface area contributed by atoms with Gasteiger partial charge in [0.15, 0.2) is 5.82 Å². The Hall–Kier alpha value is -0.840. The van der Waals surface area contributed by atoms with Gasteiger partial charge in [-0.1, -0.05) is 32.5 Å². The number of halogens is 1. The monoisotopic (exact) mass is 215 g/mol. The van der Waals surface area contributed by atoms with Crippen molar-refractivity contribution in [1.29, 1.82) is 0 Å². The van der Waals surface area contributed by atoms with Gasteiger partial charge in [0.1, 0.15) is 5.03 Å². The lowest BCUT2D eigenvalue weighted by Gasteiger charge is -2.17. The highest BCUT2D eigenvalue weighted by Gasteiger charge is 2.17. The summed E-state index contributed by atoms with van der Waals surface area (Å²) in [6.45, 7) is 6.04. The number of thioether (sulfide) groups is 1. The Kier molecular flexibility index (Phi) is 3.31. The second-order valence-corrected chi connectivity index (χ2v) is 5.63. The van der Waals surface area contributed by atoms with Crippen molar-refractivity contribution in [2.45, 2.75) is 30.5 Å². The molecule has 0 aliphatic carbocycles. The fraction of sp³-hybridized carbons (Fsp3) is 0.556. The number of nitrogens with one attached hydrogen (secondary N) is 1. The van der Waals surface area contributed by atoms with Crippen molar-refractivity contribution in [3.8, 4) is 0 Å². The number of hydrogen-bond acceptors (Lipinski definition) is 4. The van der Waals surface area contributed by atoms with Crippen molar-refractivity contribution < 1.29 is 4.39 Å². The molecule has 0 aliphatic heterocycles. The molecule has 1 aromatic heterocycles. The third-order valence-electron chi connectivity index (χ3n) is 1.34. The van der Waals surface area contributed by atoms with E-state index in [4.69, 9.17) is 0 Å². The van der Waals surface area contributed by atoms with Crippen LogP contribution in [0.4, 0.5) is 10.3 Å². The van der Waals surface area contributed by atoms with E-state index in [1.165, 1.54) is 18.0 Å². The van der Waals surface area contributed by atoms with E-state index in [1.807, 2.05) is 20.8 Å². The molecule has 0 aromatic carbocycles. The average molecular weight is 215 g/mol. The van der Waals surface area contributed by atoms with Crippen LogP contribution >= 0.6 is 11.8 Å². The van der Waals surface area contributed by atoms with E-state index < -0.39 is 0 Å². The topological polar surface area (TPSA) is 37.8 Å². The Balaban J connectivity index is 2.95. The molecule has 0 saturated heterocycles. The SMILES string of the molecule is CNc1ncc(F)c(SC(C)(C)C)n1. The second kappa shape index (κ2) is 4.13. The van der Waals surface area contributed by atoms with Gasteiger partial charge in [0, 0.05) is 11.8 Å². The normalized spacial score (nSPS) is 11.5. The first-order chi connectivity index (χ1) is 6.42. The number of rotatable bonds is 2. The van der Waals surface area contributed by atoms with Crippen LogP contribution in [-0.2, 0) is 0 Å². The summed E-state index contributed by atoms with van der Waals surface area (Å²) in [7, 11) is 1.71. The zero-order valence-electron chi connectivity index (χ0n) is 8.76. The molecule has 0 unspecified atom stereocenters. The van der Waals surface area contributed by atoms with Crippen molar-refractivity contribution in [2.24, 2.45) is 0 Å². The quantitative estimate of drug-likeness (QED) is 0.607. The molecule has 1 N–H and O–H groups in total. The van der Waals surface area contributed by atoms with E-state index in [0.29, 0.717) is 11.0 Å². The van der Waals surface area contributed by atoms with Crippen LogP contribution in [0.2, 0.25) is 0 Å². The molecule has 0 aliphatic rings. The Morgan fingerprint density at radius 3 is 2.57 bits per heavy atom. The van der Waals surface area contributed by atoms with Gasteiger partial charge in [0.25, 0.3) is 0 Å². The van der Waals surface area contributed by atoms with Crippen molar-refractivity contribution >= 4 is 17.7 Å². The number of nitrogens with zero attached hydrogens (tertiary/aromatic N) is 2. The average Bonchev–Trinajstić information content (AvgIpc) is 2.06. The van der Waals surface area contributed by atoms with E-state index in [0.717, 1.165) is 0 Å². The third-order valence-corrected chi connectivity index (χ3v) is 2.43. The molecule has 0 bridgehead atoms. The molecule has 0 fully saturated rings. The molecular weight excluding hydrogens is 201 g/mol. The van der Waals surface area contributed by atoms with E-state index in [-0.39, 0.29) is 10.6 Å². The Morgan fingerprint density at radius 2 is 2.07 bits per heavy atom. The number of aromatic nitrogens is 2. The van der Waals surface area contributed by atoms with Gasteiger partial charge in [0.05, 0.1) is 6.20 Å². The van der Waals surface area contributed by atoms with Gasteiger partial charge in [0.2, 0.25) is 5.95 Å². The first kappa shape index (κ1) is 11.2. The molecule has 5 heteroatoms. The molecule has 0 saturated carbocycles. The van der Waals surface area contributed by atoms with Gasteiger partial charge in [-0.05, 0) is 0 Å². The summed E-state index contributed by atoms with van der Waals surface area (Å²) in [6.07, 6.45) is 1.19. The van der Waals surface area contributed by atoms with Crippen molar-refractivity contribution in [2.75, 3.05) is 12.4 Å². The predicted octanol–water partition coefficient (Wildman–Crippen LogP) is 2.55. The lowest BCUT2D eigenvalue weighted by Crippen LogP contribution is -2.09. The maximum absolute atomic E-state index is 13.3. The molecule has 78 valence electrons. The summed E-state index contributed by atoms with van der Waals surface area (Å²) in [5.74, 6) is 0.0714. The summed E-state index contributed by atoms with van der Waals surface area (Å²) in [5, 5.41) is 3.16. The van der Waals surface area contributed by atoms with Crippen LogP contribution < -0.4 is 5.32 Å². The standard InChI is InChI=1S/C9H14FN3S/c1-9(2,3)14-7-6(10)5-12-8(11-4)13-7/h5H,1-4H3,(H,11,12,13). The van der Waals surface area contributed by atoms with Crippen LogP contribution in [0, 0.1) is 5.82 Å². The molecule has 0 amide bonds. The maximum atomic E-state index is 13.3. The highest BCUT2D eigenvalue weighted by Crippen LogP contribution is 2.32. The van der Waals surface area contributed by atoms with Gasteiger partial charge in [-0.3, -0.25) is 0 Å². The van der Waals surface area contributed by atoms with Gasteiger partial charge < -0.3 is 5.32 Å². The van der Waals surface area contributed by atoms with Gasteiger partial charge in [-0.15, -0.1) is 0 Å². The Morgan fingerprint density at radius 1 is 1.43 bits per heavy atom. The van der Waals surface area contributed by atoms with E-state index in [2.05, 4.69) is 15.3 Å². The van der Waals surface area contributed by atoms with E-state index in [9.17, 15) is 4.39 Å². The summed E-state index contributed by atoms with van der Waals surface area (Å²) >= 11 is 1.39. The summed E-state index contributed by atoms with van der Waals surface area (Å²) in [5.41, 5.74) is 0. The smallest absolute Gasteiger partial charge is 0.223 e. The molecule has 1 rings (SSSR count). The summed E-state index contributed by atoms with van der Waals surface area (Å²) in [4.78, 5) is 7.82. The van der Waals surface area contributed by atoms with Crippen LogP contribution in [0.25, 0.3) is 0 Å². The highest BCUT2D eigenvalue weighted by molar-refractivity contribution is 8.00.